The molecular formula is C14H17N3O2S. The van der Waals surface area contributed by atoms with E-state index in [1.54, 1.807) is 30.5 Å². The quantitative estimate of drug-likeness (QED) is 0.875. The number of aromatic nitrogens is 1. The summed E-state index contributed by atoms with van der Waals surface area (Å²) in [5, 5.41) is 0. The van der Waals surface area contributed by atoms with Gasteiger partial charge in [-0.25, -0.2) is 8.42 Å². The zero-order chi connectivity index (χ0) is 14.8. The molecule has 2 rings (SSSR count). The predicted octanol–water partition coefficient (Wildman–Crippen LogP) is 2.05. The molecule has 106 valence electrons. The highest BCUT2D eigenvalue weighted by Crippen LogP contribution is 2.24. The minimum Gasteiger partial charge on any atom is -0.398 e. The van der Waals surface area contributed by atoms with E-state index in [1.807, 2.05) is 6.92 Å². The Morgan fingerprint density at radius 2 is 2.05 bits per heavy atom. The van der Waals surface area contributed by atoms with Crippen LogP contribution in [0, 0.1) is 0 Å². The minimum atomic E-state index is -3.63. The molecule has 5 nitrogen and oxygen atoms in total. The first kappa shape index (κ1) is 14.3. The van der Waals surface area contributed by atoms with Crippen molar-refractivity contribution in [3.05, 3.63) is 48.3 Å². The summed E-state index contributed by atoms with van der Waals surface area (Å²) >= 11 is 0. The Labute approximate surface area is 119 Å². The lowest BCUT2D eigenvalue weighted by molar-refractivity contribution is 0.594. The molecule has 0 saturated heterocycles. The summed E-state index contributed by atoms with van der Waals surface area (Å²) < 4.78 is 26.2. The lowest BCUT2D eigenvalue weighted by atomic mass is 10.1. The molecule has 0 aliphatic carbocycles. The second-order valence-corrected chi connectivity index (χ2v) is 6.37. The van der Waals surface area contributed by atoms with Crippen molar-refractivity contribution in [2.24, 2.45) is 0 Å². The number of aryl methyl sites for hydroxylation is 1. The van der Waals surface area contributed by atoms with Gasteiger partial charge in [0.1, 0.15) is 0 Å². The highest BCUT2D eigenvalue weighted by molar-refractivity contribution is 7.92. The van der Waals surface area contributed by atoms with E-state index in [4.69, 9.17) is 5.73 Å². The second kappa shape index (κ2) is 5.50. The summed E-state index contributed by atoms with van der Waals surface area (Å²) in [5.41, 5.74) is 7.81. The number of benzene rings is 1. The summed E-state index contributed by atoms with van der Waals surface area (Å²) in [6.45, 7) is 1.97. The van der Waals surface area contributed by atoms with Gasteiger partial charge in [-0.1, -0.05) is 13.0 Å². The Morgan fingerprint density at radius 1 is 1.30 bits per heavy atom. The summed E-state index contributed by atoms with van der Waals surface area (Å²) in [6, 6.07) is 8.21. The molecule has 0 unspecified atom stereocenters. The first-order chi connectivity index (χ1) is 9.46. The number of pyridine rings is 1. The highest BCUT2D eigenvalue weighted by atomic mass is 32.2. The van der Waals surface area contributed by atoms with Crippen LogP contribution in [0.15, 0.2) is 47.6 Å². The molecule has 0 aliphatic heterocycles. The Balaban J connectivity index is 2.43. The van der Waals surface area contributed by atoms with Crippen molar-refractivity contribution < 1.29 is 8.42 Å². The van der Waals surface area contributed by atoms with E-state index < -0.39 is 10.0 Å². The maximum atomic E-state index is 12.5. The number of sulfonamides is 1. The van der Waals surface area contributed by atoms with Gasteiger partial charge in [0.15, 0.2) is 0 Å². The molecule has 20 heavy (non-hydrogen) atoms. The maximum Gasteiger partial charge on any atom is 0.264 e. The van der Waals surface area contributed by atoms with Gasteiger partial charge in [-0.05, 0) is 36.2 Å². The Morgan fingerprint density at radius 3 is 2.60 bits per heavy atom. The van der Waals surface area contributed by atoms with Gasteiger partial charge in [-0.2, -0.15) is 0 Å². The minimum absolute atomic E-state index is 0.179. The van der Waals surface area contributed by atoms with E-state index >= 15 is 0 Å². The molecule has 0 amide bonds. The largest absolute Gasteiger partial charge is 0.398 e. The molecule has 0 fully saturated rings. The Bertz CT molecular complexity index is 700. The van der Waals surface area contributed by atoms with Gasteiger partial charge in [-0.15, -0.1) is 0 Å². The number of nitrogens with two attached hydrogens (primary N) is 1. The standard InChI is InChI=1S/C14H17N3O2S/c1-3-11-6-7-13(9-14(11)15)20(18,19)17(2)12-5-4-8-16-10-12/h4-10H,3,15H2,1-2H3. The number of anilines is 2. The number of hydrogen-bond acceptors (Lipinski definition) is 4. The molecule has 0 spiro atoms. The molecule has 2 N–H and O–H groups in total. The van der Waals surface area contributed by atoms with Crippen LogP contribution in [0.2, 0.25) is 0 Å². The summed E-state index contributed by atoms with van der Waals surface area (Å²) in [4.78, 5) is 4.11. The first-order valence-electron chi connectivity index (χ1n) is 6.24. The SMILES string of the molecule is CCc1ccc(S(=O)(=O)N(C)c2cccnc2)cc1N. The fraction of sp³-hybridized carbons (Fsp3) is 0.214. The van der Waals surface area contributed by atoms with Crippen molar-refractivity contribution in [3.8, 4) is 0 Å². The average Bonchev–Trinajstić information content (AvgIpc) is 2.47. The van der Waals surface area contributed by atoms with Gasteiger partial charge in [0.25, 0.3) is 10.0 Å². The van der Waals surface area contributed by atoms with E-state index in [1.165, 1.54) is 23.6 Å². The zero-order valence-corrected chi connectivity index (χ0v) is 12.3. The fourth-order valence-corrected chi connectivity index (χ4v) is 3.11. The van der Waals surface area contributed by atoms with E-state index in [0.717, 1.165) is 12.0 Å². The molecule has 0 radical (unpaired) electrons. The van der Waals surface area contributed by atoms with Crippen LogP contribution in [-0.2, 0) is 16.4 Å². The van der Waals surface area contributed by atoms with E-state index in [0.29, 0.717) is 11.4 Å². The van der Waals surface area contributed by atoms with E-state index in [9.17, 15) is 8.42 Å². The van der Waals surface area contributed by atoms with Crippen LogP contribution < -0.4 is 10.0 Å². The van der Waals surface area contributed by atoms with E-state index in [2.05, 4.69) is 4.98 Å². The third kappa shape index (κ3) is 2.60. The highest BCUT2D eigenvalue weighted by Gasteiger charge is 2.21. The number of nitrogen functional groups attached to an aromatic ring is 1. The third-order valence-electron chi connectivity index (χ3n) is 3.17. The van der Waals surface area contributed by atoms with Crippen molar-refractivity contribution in [1.29, 1.82) is 0 Å². The summed E-state index contributed by atoms with van der Waals surface area (Å²) in [5.74, 6) is 0. The average molecular weight is 291 g/mol. The third-order valence-corrected chi connectivity index (χ3v) is 4.95. The van der Waals surface area contributed by atoms with Crippen molar-refractivity contribution >= 4 is 21.4 Å². The zero-order valence-electron chi connectivity index (χ0n) is 11.4. The second-order valence-electron chi connectivity index (χ2n) is 4.40. The molecular weight excluding hydrogens is 274 g/mol. The van der Waals surface area contributed by atoms with Crippen molar-refractivity contribution in [2.45, 2.75) is 18.2 Å². The van der Waals surface area contributed by atoms with Crippen LogP contribution >= 0.6 is 0 Å². The molecule has 2 aromatic rings. The van der Waals surface area contributed by atoms with Gasteiger partial charge in [0, 0.05) is 18.9 Å². The Kier molecular flexibility index (Phi) is 3.94. The summed E-state index contributed by atoms with van der Waals surface area (Å²) in [6.07, 6.45) is 3.86. The van der Waals surface area contributed by atoms with Gasteiger partial charge >= 0.3 is 0 Å². The normalized spacial score (nSPS) is 11.3. The van der Waals surface area contributed by atoms with Crippen LogP contribution in [0.5, 0.6) is 0 Å². The number of nitrogens with zero attached hydrogens (tertiary/aromatic N) is 2. The van der Waals surface area contributed by atoms with Gasteiger partial charge < -0.3 is 5.73 Å². The van der Waals surface area contributed by atoms with Crippen molar-refractivity contribution in [1.82, 2.24) is 4.98 Å². The lowest BCUT2D eigenvalue weighted by Gasteiger charge is -2.19. The molecule has 1 heterocycles. The molecule has 0 saturated carbocycles. The topological polar surface area (TPSA) is 76.3 Å². The van der Waals surface area contributed by atoms with Crippen LogP contribution in [0.25, 0.3) is 0 Å². The predicted molar refractivity (Wildman–Crippen MR) is 80.1 cm³/mol. The molecule has 0 aliphatic rings. The van der Waals surface area contributed by atoms with Gasteiger partial charge in [-0.3, -0.25) is 9.29 Å². The number of rotatable bonds is 4. The van der Waals surface area contributed by atoms with Gasteiger partial charge in [0.05, 0.1) is 16.8 Å². The van der Waals surface area contributed by atoms with E-state index in [-0.39, 0.29) is 4.90 Å². The van der Waals surface area contributed by atoms with Gasteiger partial charge in [0.2, 0.25) is 0 Å². The Hall–Kier alpha value is -2.08. The molecule has 6 heteroatoms. The lowest BCUT2D eigenvalue weighted by Crippen LogP contribution is -2.26. The van der Waals surface area contributed by atoms with Crippen LogP contribution in [0.3, 0.4) is 0 Å². The molecule has 1 aromatic carbocycles. The number of hydrogen-bond donors (Lipinski definition) is 1. The molecule has 1 aromatic heterocycles. The van der Waals surface area contributed by atoms with Crippen molar-refractivity contribution in [3.63, 3.8) is 0 Å². The molecule has 0 bridgehead atoms. The fourth-order valence-electron chi connectivity index (χ4n) is 1.89. The molecule has 0 atom stereocenters. The monoisotopic (exact) mass is 291 g/mol. The maximum absolute atomic E-state index is 12.5. The smallest absolute Gasteiger partial charge is 0.264 e. The van der Waals surface area contributed by atoms with Crippen LogP contribution in [0.4, 0.5) is 11.4 Å². The summed E-state index contributed by atoms with van der Waals surface area (Å²) in [7, 11) is -2.13. The van der Waals surface area contributed by atoms with Crippen molar-refractivity contribution in [2.75, 3.05) is 17.1 Å². The first-order valence-corrected chi connectivity index (χ1v) is 7.68. The van der Waals surface area contributed by atoms with Crippen LogP contribution in [-0.4, -0.2) is 20.4 Å². The van der Waals surface area contributed by atoms with Crippen LogP contribution in [0.1, 0.15) is 12.5 Å².